The number of urea groups is 1. The number of aryl methyl sites for hydroxylation is 1. The Morgan fingerprint density at radius 2 is 2.14 bits per heavy atom. The molecule has 0 aromatic carbocycles. The lowest BCUT2D eigenvalue weighted by atomic mass is 10.1. The Kier molecular flexibility index (Phi) is 4.61. The Bertz CT molecular complexity index is 510. The fraction of sp³-hybridized carbons (Fsp3) is 0.800. The minimum atomic E-state index is 0.0141. The zero-order chi connectivity index (χ0) is 15.5. The number of amides is 2. The van der Waals surface area contributed by atoms with Crippen LogP contribution in [0.2, 0.25) is 0 Å². The van der Waals surface area contributed by atoms with Crippen molar-refractivity contribution in [1.82, 2.24) is 30.1 Å². The summed E-state index contributed by atoms with van der Waals surface area (Å²) in [6, 6.07) is 0.818. The molecule has 2 amide bonds. The van der Waals surface area contributed by atoms with Crippen LogP contribution in [0.4, 0.5) is 4.79 Å². The van der Waals surface area contributed by atoms with Crippen LogP contribution in [0.15, 0.2) is 6.20 Å². The van der Waals surface area contributed by atoms with Crippen molar-refractivity contribution < 1.29 is 4.79 Å². The minimum Gasteiger partial charge on any atom is -0.332 e. The number of hydrogen-bond donors (Lipinski definition) is 1. The number of nitrogens with one attached hydrogen (secondary N) is 1. The standard InChI is InChI=1S/C15H26N6O/c1-3-21-17-11-13(18-21)10-16-15(22)20-9-6-14(12(20)2)19-7-4-5-8-19/h11-12,14H,3-10H2,1-2H3,(H,16,22). The summed E-state index contributed by atoms with van der Waals surface area (Å²) in [6.07, 6.45) is 5.38. The first-order valence-electron chi connectivity index (χ1n) is 8.36. The van der Waals surface area contributed by atoms with Crippen LogP contribution in [0.25, 0.3) is 0 Å². The molecule has 3 heterocycles. The number of carbonyl (C=O) groups is 1. The van der Waals surface area contributed by atoms with Crippen LogP contribution in [-0.4, -0.2) is 62.5 Å². The van der Waals surface area contributed by atoms with Gasteiger partial charge in [-0.2, -0.15) is 15.0 Å². The molecule has 2 unspecified atom stereocenters. The van der Waals surface area contributed by atoms with Crippen molar-refractivity contribution in [3.63, 3.8) is 0 Å². The molecule has 0 aliphatic carbocycles. The molecule has 2 aliphatic rings. The molecule has 22 heavy (non-hydrogen) atoms. The molecule has 2 atom stereocenters. The highest BCUT2D eigenvalue weighted by Crippen LogP contribution is 2.25. The van der Waals surface area contributed by atoms with E-state index in [-0.39, 0.29) is 12.1 Å². The third kappa shape index (κ3) is 3.09. The van der Waals surface area contributed by atoms with Gasteiger partial charge >= 0.3 is 6.03 Å². The fourth-order valence-electron chi connectivity index (χ4n) is 3.61. The molecule has 0 bridgehead atoms. The Balaban J connectivity index is 1.51. The first kappa shape index (κ1) is 15.3. The van der Waals surface area contributed by atoms with E-state index in [1.54, 1.807) is 11.0 Å². The smallest absolute Gasteiger partial charge is 0.318 e. The van der Waals surface area contributed by atoms with E-state index in [1.807, 2.05) is 11.8 Å². The molecule has 0 spiro atoms. The van der Waals surface area contributed by atoms with Gasteiger partial charge in [0.15, 0.2) is 0 Å². The average molecular weight is 306 g/mol. The maximum atomic E-state index is 12.4. The topological polar surface area (TPSA) is 66.3 Å². The quantitative estimate of drug-likeness (QED) is 0.903. The molecule has 2 fully saturated rings. The number of nitrogens with zero attached hydrogens (tertiary/aromatic N) is 5. The van der Waals surface area contributed by atoms with Crippen LogP contribution in [-0.2, 0) is 13.1 Å². The van der Waals surface area contributed by atoms with E-state index in [1.165, 1.54) is 25.9 Å². The normalized spacial score (nSPS) is 25.8. The Hall–Kier alpha value is -1.63. The molecule has 0 saturated carbocycles. The first-order valence-corrected chi connectivity index (χ1v) is 8.36. The van der Waals surface area contributed by atoms with E-state index in [4.69, 9.17) is 0 Å². The lowest BCUT2D eigenvalue weighted by molar-refractivity contribution is 0.168. The van der Waals surface area contributed by atoms with Gasteiger partial charge in [0, 0.05) is 18.6 Å². The van der Waals surface area contributed by atoms with Gasteiger partial charge in [0.05, 0.1) is 19.3 Å². The van der Waals surface area contributed by atoms with E-state index in [9.17, 15) is 4.79 Å². The SMILES string of the molecule is CCn1ncc(CNC(=O)N2CCC(N3CCCC3)C2C)n1. The molecular weight excluding hydrogens is 280 g/mol. The van der Waals surface area contributed by atoms with Crippen LogP contribution in [0.1, 0.15) is 38.8 Å². The van der Waals surface area contributed by atoms with Crippen LogP contribution in [0, 0.1) is 0 Å². The number of carbonyl (C=O) groups excluding carboxylic acids is 1. The third-order valence-corrected chi connectivity index (χ3v) is 4.87. The number of hydrogen-bond acceptors (Lipinski definition) is 4. The summed E-state index contributed by atoms with van der Waals surface area (Å²) in [4.78, 5) is 18.5. The molecule has 7 nitrogen and oxygen atoms in total. The number of aromatic nitrogens is 3. The lowest BCUT2D eigenvalue weighted by Crippen LogP contribution is -2.47. The summed E-state index contributed by atoms with van der Waals surface area (Å²) in [7, 11) is 0. The van der Waals surface area contributed by atoms with Gasteiger partial charge in [0.1, 0.15) is 5.69 Å². The van der Waals surface area contributed by atoms with Gasteiger partial charge in [-0.1, -0.05) is 0 Å². The molecule has 0 radical (unpaired) electrons. The van der Waals surface area contributed by atoms with E-state index in [0.717, 1.165) is 25.2 Å². The first-order chi connectivity index (χ1) is 10.7. The van der Waals surface area contributed by atoms with E-state index >= 15 is 0 Å². The highest BCUT2D eigenvalue weighted by Gasteiger charge is 2.37. The second-order valence-electron chi connectivity index (χ2n) is 6.22. The molecule has 1 aromatic rings. The second kappa shape index (κ2) is 6.64. The Labute approximate surface area is 131 Å². The molecule has 2 aliphatic heterocycles. The lowest BCUT2D eigenvalue weighted by Gasteiger charge is -2.30. The van der Waals surface area contributed by atoms with E-state index in [0.29, 0.717) is 12.6 Å². The molecule has 7 heteroatoms. The van der Waals surface area contributed by atoms with Crippen molar-refractivity contribution in [3.8, 4) is 0 Å². The minimum absolute atomic E-state index is 0.0141. The summed E-state index contributed by atoms with van der Waals surface area (Å²) in [6.45, 7) is 8.56. The number of likely N-dealkylation sites (tertiary alicyclic amines) is 2. The zero-order valence-electron chi connectivity index (χ0n) is 13.5. The summed E-state index contributed by atoms with van der Waals surface area (Å²) < 4.78 is 0. The third-order valence-electron chi connectivity index (χ3n) is 4.87. The van der Waals surface area contributed by atoms with Crippen molar-refractivity contribution in [3.05, 3.63) is 11.9 Å². The molecule has 3 rings (SSSR count). The zero-order valence-corrected chi connectivity index (χ0v) is 13.5. The molecule has 2 saturated heterocycles. The van der Waals surface area contributed by atoms with Crippen LogP contribution in [0.3, 0.4) is 0 Å². The summed E-state index contributed by atoms with van der Waals surface area (Å²) in [5.41, 5.74) is 0.804. The van der Waals surface area contributed by atoms with Crippen molar-refractivity contribution in [2.75, 3.05) is 19.6 Å². The largest absolute Gasteiger partial charge is 0.332 e. The van der Waals surface area contributed by atoms with Gasteiger partial charge in [0.25, 0.3) is 0 Å². The highest BCUT2D eigenvalue weighted by molar-refractivity contribution is 5.74. The van der Waals surface area contributed by atoms with Crippen molar-refractivity contribution in [1.29, 1.82) is 0 Å². The van der Waals surface area contributed by atoms with Crippen molar-refractivity contribution in [2.24, 2.45) is 0 Å². The predicted octanol–water partition coefficient (Wildman–Crippen LogP) is 1.07. The maximum Gasteiger partial charge on any atom is 0.318 e. The van der Waals surface area contributed by atoms with Crippen LogP contribution < -0.4 is 5.32 Å². The Morgan fingerprint density at radius 1 is 1.36 bits per heavy atom. The Morgan fingerprint density at radius 3 is 2.82 bits per heavy atom. The summed E-state index contributed by atoms with van der Waals surface area (Å²) in [5.74, 6) is 0. The molecular formula is C15H26N6O. The van der Waals surface area contributed by atoms with Gasteiger partial charge in [-0.05, 0) is 46.2 Å². The second-order valence-corrected chi connectivity index (χ2v) is 6.22. The van der Waals surface area contributed by atoms with Gasteiger partial charge in [-0.3, -0.25) is 4.90 Å². The monoisotopic (exact) mass is 306 g/mol. The van der Waals surface area contributed by atoms with E-state index in [2.05, 4.69) is 27.3 Å². The average Bonchev–Trinajstić information content (AvgIpc) is 3.25. The van der Waals surface area contributed by atoms with Gasteiger partial charge in [0.2, 0.25) is 0 Å². The fourth-order valence-corrected chi connectivity index (χ4v) is 3.61. The summed E-state index contributed by atoms with van der Waals surface area (Å²) >= 11 is 0. The van der Waals surface area contributed by atoms with Gasteiger partial charge < -0.3 is 10.2 Å². The number of rotatable bonds is 4. The predicted molar refractivity (Wildman–Crippen MR) is 83.3 cm³/mol. The molecule has 1 N–H and O–H groups in total. The van der Waals surface area contributed by atoms with Crippen molar-refractivity contribution in [2.45, 2.75) is 58.3 Å². The van der Waals surface area contributed by atoms with E-state index < -0.39 is 0 Å². The molecule has 1 aromatic heterocycles. The van der Waals surface area contributed by atoms with Crippen molar-refractivity contribution >= 4 is 6.03 Å². The van der Waals surface area contributed by atoms with Gasteiger partial charge in [-0.25, -0.2) is 4.79 Å². The summed E-state index contributed by atoms with van der Waals surface area (Å²) in [5, 5.41) is 11.4. The molecule has 122 valence electrons. The van der Waals surface area contributed by atoms with Crippen LogP contribution >= 0.6 is 0 Å². The highest BCUT2D eigenvalue weighted by atomic mass is 16.2. The van der Waals surface area contributed by atoms with Crippen LogP contribution in [0.5, 0.6) is 0 Å². The van der Waals surface area contributed by atoms with Gasteiger partial charge in [-0.15, -0.1) is 0 Å². The maximum absolute atomic E-state index is 12.4.